The van der Waals surface area contributed by atoms with E-state index in [-0.39, 0.29) is 17.9 Å². The van der Waals surface area contributed by atoms with E-state index >= 15 is 0 Å². The van der Waals surface area contributed by atoms with Crippen LogP contribution in [-0.2, 0) is 9.53 Å². The number of hydrogen-bond acceptors (Lipinski definition) is 5. The van der Waals surface area contributed by atoms with E-state index in [1.807, 2.05) is 0 Å². The first-order chi connectivity index (χ1) is 7.93. The summed E-state index contributed by atoms with van der Waals surface area (Å²) in [6, 6.07) is 3.11. The second-order valence-corrected chi connectivity index (χ2v) is 3.36. The molecule has 7 heteroatoms. The maximum atomic E-state index is 13.1. The van der Waals surface area contributed by atoms with Crippen LogP contribution in [0.15, 0.2) is 18.2 Å². The summed E-state index contributed by atoms with van der Waals surface area (Å²) in [6.45, 7) is -0.114. The highest BCUT2D eigenvalue weighted by molar-refractivity contribution is 5.75. The van der Waals surface area contributed by atoms with E-state index in [0.29, 0.717) is 0 Å². The summed E-state index contributed by atoms with van der Waals surface area (Å²) in [7, 11) is 2.74. The molecule has 0 N–H and O–H groups in total. The van der Waals surface area contributed by atoms with Gasteiger partial charge in [-0.1, -0.05) is 0 Å². The molecule has 92 valence electrons. The fourth-order valence-electron chi connectivity index (χ4n) is 1.23. The molecule has 0 saturated carbocycles. The largest absolute Gasteiger partial charge is 0.468 e. The molecule has 0 amide bonds. The number of carbonyl (C=O) groups is 1. The normalized spacial score (nSPS) is 9.82. The van der Waals surface area contributed by atoms with E-state index in [1.165, 1.54) is 25.1 Å². The Balaban J connectivity index is 2.97. The van der Waals surface area contributed by atoms with Gasteiger partial charge in [0, 0.05) is 18.8 Å². The molecule has 0 aliphatic carbocycles. The molecule has 0 fully saturated rings. The van der Waals surface area contributed by atoms with Gasteiger partial charge >= 0.3 is 5.97 Å². The first kappa shape index (κ1) is 12.9. The van der Waals surface area contributed by atoms with Gasteiger partial charge in [-0.25, -0.2) is 4.39 Å². The molecule has 1 aromatic rings. The van der Waals surface area contributed by atoms with E-state index in [2.05, 4.69) is 4.74 Å². The summed E-state index contributed by atoms with van der Waals surface area (Å²) in [6.07, 6.45) is 0. The van der Waals surface area contributed by atoms with Gasteiger partial charge in [0.1, 0.15) is 12.4 Å². The van der Waals surface area contributed by atoms with Crippen LogP contribution in [0.2, 0.25) is 0 Å². The molecule has 0 aliphatic rings. The maximum absolute atomic E-state index is 13.1. The highest BCUT2D eigenvalue weighted by Crippen LogP contribution is 2.22. The van der Waals surface area contributed by atoms with E-state index in [0.717, 1.165) is 12.1 Å². The Morgan fingerprint density at radius 3 is 2.71 bits per heavy atom. The average Bonchev–Trinajstić information content (AvgIpc) is 2.27. The van der Waals surface area contributed by atoms with Gasteiger partial charge in [-0.15, -0.1) is 0 Å². The van der Waals surface area contributed by atoms with Crippen molar-refractivity contribution in [2.45, 2.75) is 0 Å². The van der Waals surface area contributed by atoms with E-state index in [9.17, 15) is 19.3 Å². The summed E-state index contributed by atoms with van der Waals surface area (Å²) >= 11 is 0. The molecule has 0 radical (unpaired) electrons. The van der Waals surface area contributed by atoms with Crippen LogP contribution < -0.4 is 4.90 Å². The lowest BCUT2D eigenvalue weighted by atomic mass is 10.2. The quantitative estimate of drug-likeness (QED) is 0.452. The van der Waals surface area contributed by atoms with Gasteiger partial charge in [0.25, 0.3) is 5.69 Å². The first-order valence-electron chi connectivity index (χ1n) is 4.67. The van der Waals surface area contributed by atoms with Crippen LogP contribution in [0.3, 0.4) is 0 Å². The lowest BCUT2D eigenvalue weighted by Gasteiger charge is -2.17. The molecule has 0 aliphatic heterocycles. The van der Waals surface area contributed by atoms with Crippen molar-refractivity contribution >= 4 is 17.3 Å². The van der Waals surface area contributed by atoms with Crippen LogP contribution in [0.1, 0.15) is 0 Å². The predicted molar refractivity (Wildman–Crippen MR) is 58.3 cm³/mol. The summed E-state index contributed by atoms with van der Waals surface area (Å²) in [4.78, 5) is 22.2. The Hall–Kier alpha value is -2.18. The van der Waals surface area contributed by atoms with Crippen molar-refractivity contribution in [3.05, 3.63) is 34.1 Å². The van der Waals surface area contributed by atoms with Crippen molar-refractivity contribution in [3.8, 4) is 0 Å². The molecular formula is C10H11FN2O4. The second kappa shape index (κ2) is 5.24. The molecule has 1 aromatic carbocycles. The van der Waals surface area contributed by atoms with E-state index < -0.39 is 16.7 Å². The minimum absolute atomic E-state index is 0.114. The van der Waals surface area contributed by atoms with Crippen molar-refractivity contribution in [2.24, 2.45) is 0 Å². The number of likely N-dealkylation sites (N-methyl/N-ethyl adjacent to an activating group) is 1. The number of nitro benzene ring substituents is 1. The Bertz CT molecular complexity index is 450. The third kappa shape index (κ3) is 3.40. The SMILES string of the molecule is COC(=O)CN(C)c1cc(F)cc([N+](=O)[O-])c1. The standard InChI is InChI=1S/C10H11FN2O4/c1-12(6-10(14)17-2)8-3-7(11)4-9(5-8)13(15)16/h3-5H,6H2,1-2H3. The Morgan fingerprint density at radius 2 is 2.18 bits per heavy atom. The first-order valence-corrected chi connectivity index (χ1v) is 4.67. The van der Waals surface area contributed by atoms with E-state index in [1.54, 1.807) is 0 Å². The Labute approximate surface area is 96.7 Å². The average molecular weight is 242 g/mol. The smallest absolute Gasteiger partial charge is 0.325 e. The zero-order valence-electron chi connectivity index (χ0n) is 9.34. The third-order valence-corrected chi connectivity index (χ3v) is 2.11. The fourth-order valence-corrected chi connectivity index (χ4v) is 1.23. The van der Waals surface area contributed by atoms with Crippen molar-refractivity contribution in [2.75, 3.05) is 25.6 Å². The number of anilines is 1. The summed E-state index contributed by atoms with van der Waals surface area (Å²) in [5, 5.41) is 10.5. The zero-order valence-corrected chi connectivity index (χ0v) is 9.34. The number of halogens is 1. The summed E-state index contributed by atoms with van der Waals surface area (Å²) < 4.78 is 17.6. The number of nitro groups is 1. The van der Waals surface area contributed by atoms with Crippen LogP contribution in [0, 0.1) is 15.9 Å². The monoisotopic (exact) mass is 242 g/mol. The molecule has 0 unspecified atom stereocenters. The minimum Gasteiger partial charge on any atom is -0.468 e. The van der Waals surface area contributed by atoms with Gasteiger partial charge in [-0.3, -0.25) is 14.9 Å². The van der Waals surface area contributed by atoms with Gasteiger partial charge in [0.15, 0.2) is 0 Å². The van der Waals surface area contributed by atoms with Crippen LogP contribution in [0.4, 0.5) is 15.8 Å². The molecule has 0 aromatic heterocycles. The van der Waals surface area contributed by atoms with Crippen molar-refractivity contribution in [1.29, 1.82) is 0 Å². The number of rotatable bonds is 4. The second-order valence-electron chi connectivity index (χ2n) is 3.36. The molecule has 0 spiro atoms. The molecule has 0 atom stereocenters. The molecule has 6 nitrogen and oxygen atoms in total. The molecule has 0 bridgehead atoms. The zero-order chi connectivity index (χ0) is 13.0. The van der Waals surface area contributed by atoms with Gasteiger partial charge in [-0.05, 0) is 6.07 Å². The van der Waals surface area contributed by atoms with E-state index in [4.69, 9.17) is 0 Å². The maximum Gasteiger partial charge on any atom is 0.325 e. The van der Waals surface area contributed by atoms with Gasteiger partial charge in [0.05, 0.1) is 18.1 Å². The van der Waals surface area contributed by atoms with Crippen molar-refractivity contribution in [3.63, 3.8) is 0 Å². The summed E-state index contributed by atoms with van der Waals surface area (Å²) in [5.74, 6) is -1.25. The Morgan fingerprint density at radius 1 is 1.53 bits per heavy atom. The number of non-ortho nitro benzene ring substituents is 1. The molecule has 1 rings (SSSR count). The number of benzene rings is 1. The minimum atomic E-state index is -0.731. The topological polar surface area (TPSA) is 72.7 Å². The highest BCUT2D eigenvalue weighted by atomic mass is 19.1. The molecule has 17 heavy (non-hydrogen) atoms. The lowest BCUT2D eigenvalue weighted by molar-refractivity contribution is -0.385. The predicted octanol–water partition coefficient (Wildman–Crippen LogP) is 1.34. The highest BCUT2D eigenvalue weighted by Gasteiger charge is 2.14. The van der Waals surface area contributed by atoms with Gasteiger partial charge < -0.3 is 9.64 Å². The Kier molecular flexibility index (Phi) is 3.97. The van der Waals surface area contributed by atoms with Crippen LogP contribution in [0.5, 0.6) is 0 Å². The molecule has 0 heterocycles. The van der Waals surface area contributed by atoms with Crippen LogP contribution >= 0.6 is 0 Å². The van der Waals surface area contributed by atoms with Crippen LogP contribution in [0.25, 0.3) is 0 Å². The van der Waals surface area contributed by atoms with Crippen molar-refractivity contribution in [1.82, 2.24) is 0 Å². The molecule has 0 saturated heterocycles. The fraction of sp³-hybridized carbons (Fsp3) is 0.300. The number of methoxy groups -OCH3 is 1. The number of hydrogen-bond donors (Lipinski definition) is 0. The van der Waals surface area contributed by atoms with Gasteiger partial charge in [0.2, 0.25) is 0 Å². The number of ether oxygens (including phenoxy) is 1. The number of nitrogens with zero attached hydrogens (tertiary/aromatic N) is 2. The third-order valence-electron chi connectivity index (χ3n) is 2.11. The van der Waals surface area contributed by atoms with Gasteiger partial charge in [-0.2, -0.15) is 0 Å². The number of esters is 1. The molecular weight excluding hydrogens is 231 g/mol. The van der Waals surface area contributed by atoms with Crippen LogP contribution in [-0.4, -0.2) is 31.6 Å². The lowest BCUT2D eigenvalue weighted by Crippen LogP contribution is -2.26. The number of carbonyl (C=O) groups excluding carboxylic acids is 1. The van der Waals surface area contributed by atoms with Crippen molar-refractivity contribution < 1.29 is 18.8 Å². The summed E-state index contributed by atoms with van der Waals surface area (Å²) in [5.41, 5.74) is -0.126.